The minimum absolute atomic E-state index is 0.363. The van der Waals surface area contributed by atoms with Crippen molar-refractivity contribution in [1.29, 1.82) is 0 Å². The molecule has 0 aliphatic carbocycles. The Balaban J connectivity index is 2.99. The Kier molecular flexibility index (Phi) is 3.88. The van der Waals surface area contributed by atoms with Gasteiger partial charge < -0.3 is 10.8 Å². The van der Waals surface area contributed by atoms with E-state index in [1.165, 1.54) is 0 Å². The highest BCUT2D eigenvalue weighted by molar-refractivity contribution is 9.10. The molecule has 0 spiro atoms. The van der Waals surface area contributed by atoms with Gasteiger partial charge in [0.05, 0.1) is 0 Å². The zero-order valence-electron chi connectivity index (χ0n) is 8.75. The number of nitrogens with two attached hydrogens (primary N) is 1. The first-order chi connectivity index (χ1) is 6.91. The monoisotopic (exact) mass is 271 g/mol. The van der Waals surface area contributed by atoms with Gasteiger partial charge in [0.25, 0.3) is 0 Å². The van der Waals surface area contributed by atoms with E-state index >= 15 is 0 Å². The third-order valence-corrected chi connectivity index (χ3v) is 3.18. The largest absolute Gasteiger partial charge is 0.480 e. The molecule has 0 amide bonds. The van der Waals surface area contributed by atoms with Crippen molar-refractivity contribution in [2.75, 3.05) is 0 Å². The smallest absolute Gasteiger partial charge is 0.320 e. The van der Waals surface area contributed by atoms with Crippen LogP contribution in [0.3, 0.4) is 0 Å². The standard InChI is InChI=1S/C11H14BrNO2/c1-6-3-8(5-10(13)11(14)15)7(2)9(12)4-6/h3-4,10H,5,13H2,1-2H3,(H,14,15). The first-order valence-electron chi connectivity index (χ1n) is 4.66. The van der Waals surface area contributed by atoms with Crippen molar-refractivity contribution in [2.24, 2.45) is 5.73 Å². The molecular weight excluding hydrogens is 258 g/mol. The number of aryl methyl sites for hydroxylation is 1. The summed E-state index contributed by atoms with van der Waals surface area (Å²) in [5.41, 5.74) is 8.64. The van der Waals surface area contributed by atoms with Crippen LogP contribution in [0.15, 0.2) is 16.6 Å². The summed E-state index contributed by atoms with van der Waals surface area (Å²) >= 11 is 3.44. The van der Waals surface area contributed by atoms with E-state index in [9.17, 15) is 4.79 Å². The second-order valence-corrected chi connectivity index (χ2v) is 4.53. The topological polar surface area (TPSA) is 63.3 Å². The molecule has 4 heteroatoms. The summed E-state index contributed by atoms with van der Waals surface area (Å²) in [5, 5.41) is 8.74. The fraction of sp³-hybridized carbons (Fsp3) is 0.364. The van der Waals surface area contributed by atoms with Crippen LogP contribution < -0.4 is 5.73 Å². The van der Waals surface area contributed by atoms with E-state index in [2.05, 4.69) is 15.9 Å². The molecule has 0 radical (unpaired) electrons. The highest BCUT2D eigenvalue weighted by Crippen LogP contribution is 2.22. The van der Waals surface area contributed by atoms with Crippen LogP contribution in [-0.2, 0) is 11.2 Å². The Morgan fingerprint density at radius 1 is 1.53 bits per heavy atom. The lowest BCUT2D eigenvalue weighted by Crippen LogP contribution is -2.32. The van der Waals surface area contributed by atoms with Gasteiger partial charge in [-0.1, -0.05) is 22.0 Å². The van der Waals surface area contributed by atoms with Gasteiger partial charge in [0.2, 0.25) is 0 Å². The van der Waals surface area contributed by atoms with E-state index in [0.29, 0.717) is 6.42 Å². The molecule has 1 unspecified atom stereocenters. The average molecular weight is 272 g/mol. The van der Waals surface area contributed by atoms with Crippen molar-refractivity contribution in [3.8, 4) is 0 Å². The zero-order chi connectivity index (χ0) is 11.6. The molecule has 3 nitrogen and oxygen atoms in total. The first-order valence-corrected chi connectivity index (χ1v) is 5.45. The molecule has 82 valence electrons. The minimum atomic E-state index is -0.966. The average Bonchev–Trinajstić information content (AvgIpc) is 2.13. The third-order valence-electron chi connectivity index (χ3n) is 2.35. The summed E-state index contributed by atoms with van der Waals surface area (Å²) in [5.74, 6) is -0.966. The Hall–Kier alpha value is -0.870. The van der Waals surface area contributed by atoms with Gasteiger partial charge in [0.1, 0.15) is 6.04 Å². The molecule has 0 saturated carbocycles. The van der Waals surface area contributed by atoms with Gasteiger partial charge in [-0.3, -0.25) is 4.79 Å². The fourth-order valence-electron chi connectivity index (χ4n) is 1.42. The molecule has 3 N–H and O–H groups in total. The Morgan fingerprint density at radius 2 is 2.13 bits per heavy atom. The Labute approximate surface area is 97.4 Å². The van der Waals surface area contributed by atoms with Crippen molar-refractivity contribution < 1.29 is 9.90 Å². The number of carboxylic acids is 1. The molecule has 1 aromatic rings. The molecule has 0 aliphatic heterocycles. The molecule has 15 heavy (non-hydrogen) atoms. The predicted molar refractivity (Wildman–Crippen MR) is 62.9 cm³/mol. The van der Waals surface area contributed by atoms with E-state index in [-0.39, 0.29) is 0 Å². The Morgan fingerprint density at radius 3 is 2.67 bits per heavy atom. The van der Waals surface area contributed by atoms with Crippen molar-refractivity contribution in [2.45, 2.75) is 26.3 Å². The van der Waals surface area contributed by atoms with Gasteiger partial charge >= 0.3 is 5.97 Å². The highest BCUT2D eigenvalue weighted by Gasteiger charge is 2.14. The number of aliphatic carboxylic acids is 1. The van der Waals surface area contributed by atoms with Crippen LogP contribution in [0.5, 0.6) is 0 Å². The maximum Gasteiger partial charge on any atom is 0.320 e. The number of hydrogen-bond donors (Lipinski definition) is 2. The maximum atomic E-state index is 10.6. The quantitative estimate of drug-likeness (QED) is 0.884. The second kappa shape index (κ2) is 4.77. The van der Waals surface area contributed by atoms with Crippen molar-refractivity contribution >= 4 is 21.9 Å². The van der Waals surface area contributed by atoms with Crippen LogP contribution in [-0.4, -0.2) is 17.1 Å². The van der Waals surface area contributed by atoms with Crippen LogP contribution >= 0.6 is 15.9 Å². The van der Waals surface area contributed by atoms with Gasteiger partial charge in [0, 0.05) is 4.47 Å². The molecular formula is C11H14BrNO2. The SMILES string of the molecule is Cc1cc(Br)c(C)c(CC(N)C(=O)O)c1. The number of benzene rings is 1. The second-order valence-electron chi connectivity index (χ2n) is 3.68. The molecule has 0 aliphatic rings. The van der Waals surface area contributed by atoms with Gasteiger partial charge in [-0.15, -0.1) is 0 Å². The summed E-state index contributed by atoms with van der Waals surface area (Å²) in [6.07, 6.45) is 0.363. The highest BCUT2D eigenvalue weighted by atomic mass is 79.9. The van der Waals surface area contributed by atoms with E-state index in [1.54, 1.807) is 0 Å². The minimum Gasteiger partial charge on any atom is -0.480 e. The van der Waals surface area contributed by atoms with Gasteiger partial charge in [-0.05, 0) is 43.0 Å². The molecule has 0 bridgehead atoms. The lowest BCUT2D eigenvalue weighted by molar-refractivity contribution is -0.138. The number of rotatable bonds is 3. The maximum absolute atomic E-state index is 10.6. The number of hydrogen-bond acceptors (Lipinski definition) is 2. The third kappa shape index (κ3) is 3.04. The molecule has 1 rings (SSSR count). The first kappa shape index (κ1) is 12.2. The van der Waals surface area contributed by atoms with E-state index in [1.807, 2.05) is 26.0 Å². The van der Waals surface area contributed by atoms with Crippen molar-refractivity contribution in [3.63, 3.8) is 0 Å². The van der Waals surface area contributed by atoms with Gasteiger partial charge in [-0.2, -0.15) is 0 Å². The van der Waals surface area contributed by atoms with Gasteiger partial charge in [-0.25, -0.2) is 0 Å². The molecule has 0 fully saturated rings. The van der Waals surface area contributed by atoms with Crippen LogP contribution in [0.1, 0.15) is 16.7 Å². The molecule has 0 heterocycles. The molecule has 0 saturated heterocycles. The zero-order valence-corrected chi connectivity index (χ0v) is 10.3. The lowest BCUT2D eigenvalue weighted by Gasteiger charge is -2.11. The van der Waals surface area contributed by atoms with E-state index in [4.69, 9.17) is 10.8 Å². The van der Waals surface area contributed by atoms with E-state index in [0.717, 1.165) is 21.2 Å². The van der Waals surface area contributed by atoms with Crippen LogP contribution in [0.4, 0.5) is 0 Å². The van der Waals surface area contributed by atoms with E-state index < -0.39 is 12.0 Å². The normalized spacial score (nSPS) is 12.5. The summed E-state index contributed by atoms with van der Waals surface area (Å²) in [4.78, 5) is 10.6. The van der Waals surface area contributed by atoms with Crippen LogP contribution in [0.25, 0.3) is 0 Å². The Bertz CT molecular complexity index is 390. The lowest BCUT2D eigenvalue weighted by atomic mass is 9.99. The fourth-order valence-corrected chi connectivity index (χ4v) is 2.04. The summed E-state index contributed by atoms with van der Waals surface area (Å²) in [7, 11) is 0. The summed E-state index contributed by atoms with van der Waals surface area (Å²) in [6, 6.07) is 3.14. The molecule has 0 aromatic heterocycles. The predicted octanol–water partition coefficient (Wildman–Crippen LogP) is 2.02. The van der Waals surface area contributed by atoms with Crippen LogP contribution in [0, 0.1) is 13.8 Å². The number of carboxylic acid groups (broad SMARTS) is 1. The van der Waals surface area contributed by atoms with Crippen molar-refractivity contribution in [1.82, 2.24) is 0 Å². The number of carbonyl (C=O) groups is 1. The molecule has 1 aromatic carbocycles. The van der Waals surface area contributed by atoms with Crippen LogP contribution in [0.2, 0.25) is 0 Å². The molecule has 1 atom stereocenters. The van der Waals surface area contributed by atoms with Gasteiger partial charge in [0.15, 0.2) is 0 Å². The summed E-state index contributed by atoms with van der Waals surface area (Å²) in [6.45, 7) is 3.92. The number of halogens is 1. The summed E-state index contributed by atoms with van der Waals surface area (Å²) < 4.78 is 0.995. The van der Waals surface area contributed by atoms with Crippen molar-refractivity contribution in [3.05, 3.63) is 33.3 Å².